The summed E-state index contributed by atoms with van der Waals surface area (Å²) in [5.41, 5.74) is 0.578. The number of sulfonamides is 1. The van der Waals surface area contributed by atoms with E-state index in [1.165, 1.54) is 12.1 Å². The van der Waals surface area contributed by atoms with Gasteiger partial charge in [0.1, 0.15) is 0 Å². The average molecular weight is 349 g/mol. The molecule has 19 heavy (non-hydrogen) atoms. The van der Waals surface area contributed by atoms with Crippen molar-refractivity contribution in [2.75, 3.05) is 10.6 Å². The molecule has 0 aliphatic carbocycles. The van der Waals surface area contributed by atoms with Gasteiger partial charge in [-0.1, -0.05) is 15.9 Å². The largest absolute Gasteiger partial charge is 0.326 e. The van der Waals surface area contributed by atoms with Crippen LogP contribution in [0.25, 0.3) is 0 Å². The van der Waals surface area contributed by atoms with Gasteiger partial charge in [-0.15, -0.1) is 0 Å². The van der Waals surface area contributed by atoms with E-state index in [2.05, 4.69) is 26.0 Å². The lowest BCUT2D eigenvalue weighted by Crippen LogP contribution is -2.30. The van der Waals surface area contributed by atoms with Crippen molar-refractivity contribution in [3.8, 4) is 0 Å². The molecule has 0 saturated carbocycles. The summed E-state index contributed by atoms with van der Waals surface area (Å²) in [5, 5.41) is 3.27. The van der Waals surface area contributed by atoms with E-state index in [0.717, 1.165) is 0 Å². The fourth-order valence-electron chi connectivity index (χ4n) is 1.41. The SMILES string of the molecule is CC(C)NS(=O)(=O)c1ccc(NC(=O)CCBr)cc1. The van der Waals surface area contributed by atoms with Gasteiger partial charge < -0.3 is 5.32 Å². The molecule has 7 heteroatoms. The van der Waals surface area contributed by atoms with E-state index < -0.39 is 10.0 Å². The fraction of sp³-hybridized carbons (Fsp3) is 0.417. The molecule has 0 aliphatic rings. The number of amides is 1. The molecule has 0 spiro atoms. The topological polar surface area (TPSA) is 75.3 Å². The smallest absolute Gasteiger partial charge is 0.240 e. The molecule has 0 saturated heterocycles. The fourth-order valence-corrected chi connectivity index (χ4v) is 3.02. The summed E-state index contributed by atoms with van der Waals surface area (Å²) in [4.78, 5) is 11.5. The van der Waals surface area contributed by atoms with Gasteiger partial charge in [-0.3, -0.25) is 4.79 Å². The average Bonchev–Trinajstić information content (AvgIpc) is 2.28. The van der Waals surface area contributed by atoms with E-state index in [9.17, 15) is 13.2 Å². The molecule has 0 unspecified atom stereocenters. The number of alkyl halides is 1. The molecule has 0 radical (unpaired) electrons. The van der Waals surface area contributed by atoms with Crippen LogP contribution in [0.4, 0.5) is 5.69 Å². The third-order valence-corrected chi connectivity index (χ3v) is 4.23. The van der Waals surface area contributed by atoms with Crippen LogP contribution in [-0.4, -0.2) is 25.7 Å². The number of nitrogens with one attached hydrogen (secondary N) is 2. The molecule has 1 rings (SSSR count). The number of hydrogen-bond acceptors (Lipinski definition) is 3. The number of benzene rings is 1. The van der Waals surface area contributed by atoms with Gasteiger partial charge in [0.25, 0.3) is 0 Å². The van der Waals surface area contributed by atoms with Crippen LogP contribution in [0, 0.1) is 0 Å². The maximum Gasteiger partial charge on any atom is 0.240 e. The molecular weight excluding hydrogens is 332 g/mol. The molecule has 1 aromatic rings. The highest BCUT2D eigenvalue weighted by atomic mass is 79.9. The maximum atomic E-state index is 11.9. The Labute approximate surface area is 122 Å². The van der Waals surface area contributed by atoms with Crippen LogP contribution in [0.5, 0.6) is 0 Å². The molecule has 1 aromatic carbocycles. The molecular formula is C12H17BrN2O3S. The Balaban J connectivity index is 2.79. The summed E-state index contributed by atoms with van der Waals surface area (Å²) in [6.07, 6.45) is 0.370. The van der Waals surface area contributed by atoms with Gasteiger partial charge in [-0.25, -0.2) is 13.1 Å². The highest BCUT2D eigenvalue weighted by Gasteiger charge is 2.14. The van der Waals surface area contributed by atoms with Crippen molar-refractivity contribution in [3.05, 3.63) is 24.3 Å². The highest BCUT2D eigenvalue weighted by molar-refractivity contribution is 9.09. The molecule has 0 atom stereocenters. The van der Waals surface area contributed by atoms with Crippen molar-refractivity contribution in [2.24, 2.45) is 0 Å². The third kappa shape index (κ3) is 5.30. The standard InChI is InChI=1S/C12H17BrN2O3S/c1-9(2)15-19(17,18)11-5-3-10(4-6-11)14-12(16)7-8-13/h3-6,9,15H,7-8H2,1-2H3,(H,14,16). The number of rotatable bonds is 6. The maximum absolute atomic E-state index is 11.9. The van der Waals surface area contributed by atoms with E-state index in [4.69, 9.17) is 0 Å². The molecule has 0 aromatic heterocycles. The second-order valence-corrected chi connectivity index (χ2v) is 6.79. The van der Waals surface area contributed by atoms with Crippen LogP contribution in [0.1, 0.15) is 20.3 Å². The van der Waals surface area contributed by atoms with E-state index in [0.29, 0.717) is 17.4 Å². The Kier molecular flexibility index (Phi) is 5.96. The third-order valence-electron chi connectivity index (χ3n) is 2.16. The number of carbonyl (C=O) groups excluding carboxylic acids is 1. The van der Waals surface area contributed by atoms with Crippen LogP contribution >= 0.6 is 15.9 Å². The van der Waals surface area contributed by atoms with Crippen molar-refractivity contribution in [3.63, 3.8) is 0 Å². The van der Waals surface area contributed by atoms with Crippen molar-refractivity contribution in [1.82, 2.24) is 4.72 Å². The first-order valence-electron chi connectivity index (χ1n) is 5.83. The van der Waals surface area contributed by atoms with Crippen molar-refractivity contribution >= 4 is 37.5 Å². The summed E-state index contributed by atoms with van der Waals surface area (Å²) in [7, 11) is -3.49. The van der Waals surface area contributed by atoms with E-state index >= 15 is 0 Å². The monoisotopic (exact) mass is 348 g/mol. The molecule has 0 heterocycles. The van der Waals surface area contributed by atoms with E-state index in [1.807, 2.05) is 0 Å². The van der Waals surface area contributed by atoms with E-state index in [-0.39, 0.29) is 16.8 Å². The molecule has 5 nitrogen and oxygen atoms in total. The van der Waals surface area contributed by atoms with Crippen molar-refractivity contribution < 1.29 is 13.2 Å². The lowest BCUT2D eigenvalue weighted by atomic mass is 10.3. The Morgan fingerprint density at radius 2 is 1.84 bits per heavy atom. The minimum absolute atomic E-state index is 0.118. The Bertz CT molecular complexity index is 526. The van der Waals surface area contributed by atoms with Gasteiger partial charge >= 0.3 is 0 Å². The quantitative estimate of drug-likeness (QED) is 0.773. The second kappa shape index (κ2) is 7.02. The van der Waals surface area contributed by atoms with Crippen LogP contribution in [0.15, 0.2) is 29.2 Å². The Morgan fingerprint density at radius 1 is 1.26 bits per heavy atom. The van der Waals surface area contributed by atoms with Crippen LogP contribution < -0.4 is 10.0 Å². The zero-order chi connectivity index (χ0) is 14.5. The predicted molar refractivity (Wildman–Crippen MR) is 78.9 cm³/mol. The Morgan fingerprint density at radius 3 is 2.32 bits per heavy atom. The molecule has 1 amide bonds. The van der Waals surface area contributed by atoms with Crippen LogP contribution in [0.2, 0.25) is 0 Å². The molecule has 2 N–H and O–H groups in total. The lowest BCUT2D eigenvalue weighted by Gasteiger charge is -2.10. The van der Waals surface area contributed by atoms with Crippen molar-refractivity contribution in [1.29, 1.82) is 0 Å². The Hall–Kier alpha value is -0.920. The molecule has 106 valence electrons. The van der Waals surface area contributed by atoms with Crippen LogP contribution in [-0.2, 0) is 14.8 Å². The number of halogens is 1. The number of anilines is 1. The summed E-state index contributed by atoms with van der Waals surface area (Å²) < 4.78 is 26.2. The molecule has 0 aliphatic heterocycles. The number of carbonyl (C=O) groups is 1. The van der Waals surface area contributed by atoms with Gasteiger partial charge in [0.2, 0.25) is 15.9 Å². The summed E-state index contributed by atoms with van der Waals surface area (Å²) >= 11 is 3.18. The van der Waals surface area contributed by atoms with Gasteiger partial charge in [0.05, 0.1) is 4.90 Å². The van der Waals surface area contributed by atoms with Crippen molar-refractivity contribution in [2.45, 2.75) is 31.2 Å². The van der Waals surface area contributed by atoms with Gasteiger partial charge in [0.15, 0.2) is 0 Å². The zero-order valence-corrected chi connectivity index (χ0v) is 13.2. The molecule has 0 fully saturated rings. The van der Waals surface area contributed by atoms with Gasteiger partial charge in [0, 0.05) is 23.5 Å². The lowest BCUT2D eigenvalue weighted by molar-refractivity contribution is -0.115. The number of hydrogen-bond donors (Lipinski definition) is 2. The normalized spacial score (nSPS) is 11.6. The molecule has 0 bridgehead atoms. The van der Waals surface area contributed by atoms with Gasteiger partial charge in [-0.2, -0.15) is 0 Å². The summed E-state index contributed by atoms with van der Waals surface area (Å²) in [5.74, 6) is -0.118. The predicted octanol–water partition coefficient (Wildman–Crippen LogP) is 2.10. The van der Waals surface area contributed by atoms with Crippen LogP contribution in [0.3, 0.4) is 0 Å². The zero-order valence-electron chi connectivity index (χ0n) is 10.8. The first-order chi connectivity index (χ1) is 8.85. The minimum atomic E-state index is -3.49. The second-order valence-electron chi connectivity index (χ2n) is 4.29. The first-order valence-corrected chi connectivity index (χ1v) is 8.44. The highest BCUT2D eigenvalue weighted by Crippen LogP contribution is 2.14. The minimum Gasteiger partial charge on any atom is -0.326 e. The van der Waals surface area contributed by atoms with E-state index in [1.54, 1.807) is 26.0 Å². The van der Waals surface area contributed by atoms with Gasteiger partial charge in [-0.05, 0) is 38.1 Å². The summed E-state index contributed by atoms with van der Waals surface area (Å²) in [6, 6.07) is 5.91. The summed E-state index contributed by atoms with van der Waals surface area (Å²) in [6.45, 7) is 3.51. The first kappa shape index (κ1) is 16.1.